The first-order chi connectivity index (χ1) is 13.6. The topological polar surface area (TPSA) is 48.3 Å². The average Bonchev–Trinajstić information content (AvgIpc) is 3.35. The lowest BCUT2D eigenvalue weighted by Crippen LogP contribution is -2.18. The third-order valence-corrected chi connectivity index (χ3v) is 5.17. The number of hydrogen-bond acceptors (Lipinski definition) is 4. The molecule has 0 saturated heterocycles. The molecule has 1 aliphatic rings. The van der Waals surface area contributed by atoms with Crippen molar-refractivity contribution in [2.24, 2.45) is 0 Å². The Bertz CT molecular complexity index is 920. The van der Waals surface area contributed by atoms with Gasteiger partial charge in [-0.1, -0.05) is 12.1 Å². The third kappa shape index (κ3) is 3.90. The Morgan fingerprint density at radius 1 is 1.29 bits per heavy atom. The molecule has 0 unspecified atom stereocenters. The second-order valence-electron chi connectivity index (χ2n) is 7.30. The second kappa shape index (κ2) is 8.07. The first-order valence-electron chi connectivity index (χ1n) is 9.91. The molecule has 28 heavy (non-hydrogen) atoms. The number of rotatable bonds is 7. The summed E-state index contributed by atoms with van der Waals surface area (Å²) in [5.41, 5.74) is 4.73. The second-order valence-corrected chi connectivity index (χ2v) is 7.30. The molecule has 5 nitrogen and oxygen atoms in total. The van der Waals surface area contributed by atoms with E-state index in [1.54, 1.807) is 6.20 Å². The summed E-state index contributed by atoms with van der Waals surface area (Å²) in [5.74, 6) is 1.94. The number of ether oxygens (including phenoxy) is 2. The van der Waals surface area contributed by atoms with Crippen molar-refractivity contribution in [3.8, 4) is 17.2 Å². The van der Waals surface area contributed by atoms with E-state index in [0.29, 0.717) is 6.61 Å². The molecular weight excluding hydrogens is 350 g/mol. The lowest BCUT2D eigenvalue weighted by molar-refractivity contribution is 0.254. The van der Waals surface area contributed by atoms with E-state index in [1.807, 2.05) is 24.0 Å². The quantitative estimate of drug-likeness (QED) is 0.661. The van der Waals surface area contributed by atoms with Crippen molar-refractivity contribution in [2.75, 3.05) is 6.61 Å². The summed E-state index contributed by atoms with van der Waals surface area (Å²) in [6.45, 7) is 7.69. The number of nitrogens with one attached hydrogen (secondary N) is 1. The zero-order valence-corrected chi connectivity index (χ0v) is 16.7. The van der Waals surface area contributed by atoms with Crippen LogP contribution >= 0.6 is 0 Å². The molecule has 0 spiro atoms. The van der Waals surface area contributed by atoms with Crippen LogP contribution in [0.5, 0.6) is 11.5 Å². The predicted octanol–water partition coefficient (Wildman–Crippen LogP) is 4.45. The highest BCUT2D eigenvalue weighted by Gasteiger charge is 2.22. The average molecular weight is 377 g/mol. The largest absolute Gasteiger partial charge is 0.494 e. The molecule has 146 valence electrons. The Balaban J connectivity index is 1.46. The van der Waals surface area contributed by atoms with Crippen LogP contribution in [0.2, 0.25) is 0 Å². The van der Waals surface area contributed by atoms with Crippen molar-refractivity contribution >= 4 is 0 Å². The van der Waals surface area contributed by atoms with Gasteiger partial charge >= 0.3 is 0 Å². The van der Waals surface area contributed by atoms with Gasteiger partial charge in [0.15, 0.2) is 0 Å². The van der Waals surface area contributed by atoms with Crippen molar-refractivity contribution in [3.05, 3.63) is 71.8 Å². The summed E-state index contributed by atoms with van der Waals surface area (Å²) in [6.07, 6.45) is 6.73. The standard InChI is InChI=1S/C23H27N3O2/c1-4-27-22-12-19-11-16(2)28-23(19)13-20(22)14-25-17(3)18-5-7-21(8-6-18)26-10-9-24-15-26/h5-10,12-13,15-17,25H,4,11,14H2,1-3H3/t16-,17+/m1/s1. The van der Waals surface area contributed by atoms with Crippen LogP contribution in [0.4, 0.5) is 0 Å². The fourth-order valence-corrected chi connectivity index (χ4v) is 3.64. The van der Waals surface area contributed by atoms with E-state index in [1.165, 1.54) is 11.1 Å². The number of hydrogen-bond donors (Lipinski definition) is 1. The Morgan fingerprint density at radius 3 is 2.82 bits per heavy atom. The monoisotopic (exact) mass is 377 g/mol. The fourth-order valence-electron chi connectivity index (χ4n) is 3.64. The zero-order chi connectivity index (χ0) is 19.5. The highest BCUT2D eigenvalue weighted by molar-refractivity contribution is 5.48. The van der Waals surface area contributed by atoms with Gasteiger partial charge < -0.3 is 19.4 Å². The minimum Gasteiger partial charge on any atom is -0.494 e. The van der Waals surface area contributed by atoms with Gasteiger partial charge in [0.1, 0.15) is 17.6 Å². The van der Waals surface area contributed by atoms with Crippen LogP contribution in [0, 0.1) is 0 Å². The molecule has 2 atom stereocenters. The van der Waals surface area contributed by atoms with Gasteiger partial charge in [-0.3, -0.25) is 0 Å². The number of fused-ring (bicyclic) bond motifs is 1. The van der Waals surface area contributed by atoms with Crippen molar-refractivity contribution in [3.63, 3.8) is 0 Å². The van der Waals surface area contributed by atoms with Crippen LogP contribution in [0.15, 0.2) is 55.1 Å². The number of aromatic nitrogens is 2. The van der Waals surface area contributed by atoms with Crippen LogP contribution < -0.4 is 14.8 Å². The number of imidazole rings is 1. The van der Waals surface area contributed by atoms with Crippen molar-refractivity contribution in [1.82, 2.24) is 14.9 Å². The van der Waals surface area contributed by atoms with Gasteiger partial charge in [0.2, 0.25) is 0 Å². The fraction of sp³-hybridized carbons (Fsp3) is 0.348. The van der Waals surface area contributed by atoms with E-state index in [-0.39, 0.29) is 12.1 Å². The van der Waals surface area contributed by atoms with Crippen LogP contribution in [0.25, 0.3) is 5.69 Å². The zero-order valence-electron chi connectivity index (χ0n) is 16.7. The van der Waals surface area contributed by atoms with Gasteiger partial charge in [-0.05, 0) is 50.6 Å². The van der Waals surface area contributed by atoms with Gasteiger partial charge in [0.25, 0.3) is 0 Å². The summed E-state index contributed by atoms with van der Waals surface area (Å²) in [6, 6.07) is 13.0. The molecule has 0 saturated carbocycles. The van der Waals surface area contributed by atoms with E-state index < -0.39 is 0 Å². The van der Waals surface area contributed by atoms with E-state index in [0.717, 1.165) is 35.7 Å². The van der Waals surface area contributed by atoms with Gasteiger partial charge in [-0.15, -0.1) is 0 Å². The lowest BCUT2D eigenvalue weighted by atomic mass is 10.0. The molecule has 1 aromatic heterocycles. The molecule has 1 N–H and O–H groups in total. The Morgan fingerprint density at radius 2 is 2.11 bits per heavy atom. The molecular formula is C23H27N3O2. The summed E-state index contributed by atoms with van der Waals surface area (Å²) in [4.78, 5) is 4.10. The van der Waals surface area contributed by atoms with Gasteiger partial charge in [-0.25, -0.2) is 4.98 Å². The smallest absolute Gasteiger partial charge is 0.124 e. The molecule has 4 rings (SSSR count). The van der Waals surface area contributed by atoms with E-state index in [2.05, 4.69) is 60.5 Å². The van der Waals surface area contributed by atoms with Gasteiger partial charge in [-0.2, -0.15) is 0 Å². The lowest BCUT2D eigenvalue weighted by Gasteiger charge is -2.18. The first-order valence-corrected chi connectivity index (χ1v) is 9.91. The summed E-state index contributed by atoms with van der Waals surface area (Å²) in [5, 5.41) is 3.62. The number of nitrogens with zero attached hydrogens (tertiary/aromatic N) is 2. The molecule has 0 amide bonds. The van der Waals surface area contributed by atoms with E-state index in [9.17, 15) is 0 Å². The maximum absolute atomic E-state index is 5.93. The number of benzene rings is 2. The van der Waals surface area contributed by atoms with Crippen LogP contribution in [-0.4, -0.2) is 22.3 Å². The predicted molar refractivity (Wildman–Crippen MR) is 110 cm³/mol. The molecule has 2 heterocycles. The van der Waals surface area contributed by atoms with Crippen LogP contribution in [0.1, 0.15) is 43.5 Å². The van der Waals surface area contributed by atoms with Crippen molar-refractivity contribution in [2.45, 2.75) is 45.9 Å². The summed E-state index contributed by atoms with van der Waals surface area (Å²) in [7, 11) is 0. The highest BCUT2D eigenvalue weighted by Crippen LogP contribution is 2.35. The summed E-state index contributed by atoms with van der Waals surface area (Å²) < 4.78 is 13.8. The molecule has 0 radical (unpaired) electrons. The maximum atomic E-state index is 5.93. The molecule has 0 fully saturated rings. The minimum absolute atomic E-state index is 0.222. The molecule has 0 aliphatic carbocycles. The van der Waals surface area contributed by atoms with Crippen LogP contribution in [-0.2, 0) is 13.0 Å². The molecule has 0 bridgehead atoms. The van der Waals surface area contributed by atoms with E-state index >= 15 is 0 Å². The molecule has 2 aromatic carbocycles. The van der Waals surface area contributed by atoms with Gasteiger partial charge in [0, 0.05) is 48.2 Å². The highest BCUT2D eigenvalue weighted by atomic mass is 16.5. The summed E-state index contributed by atoms with van der Waals surface area (Å²) >= 11 is 0. The Hall–Kier alpha value is -2.79. The first kappa shape index (κ1) is 18.6. The molecule has 1 aliphatic heterocycles. The van der Waals surface area contributed by atoms with Crippen LogP contribution in [0.3, 0.4) is 0 Å². The minimum atomic E-state index is 0.222. The van der Waals surface area contributed by atoms with E-state index in [4.69, 9.17) is 9.47 Å². The Labute approximate surface area is 166 Å². The Kier molecular flexibility index (Phi) is 5.35. The third-order valence-electron chi connectivity index (χ3n) is 5.17. The van der Waals surface area contributed by atoms with Crippen molar-refractivity contribution < 1.29 is 9.47 Å². The molecule has 5 heteroatoms. The van der Waals surface area contributed by atoms with Crippen molar-refractivity contribution in [1.29, 1.82) is 0 Å². The normalized spacial score (nSPS) is 16.5. The molecule has 3 aromatic rings. The van der Waals surface area contributed by atoms with Gasteiger partial charge in [0.05, 0.1) is 12.9 Å². The maximum Gasteiger partial charge on any atom is 0.124 e. The SMILES string of the molecule is CCOc1cc2c(cc1CN[C@@H](C)c1ccc(-n3ccnc3)cc1)O[C@H](C)C2.